The maximum Gasteiger partial charge on any atom is 0.356 e. The van der Waals surface area contributed by atoms with E-state index in [0.29, 0.717) is 5.69 Å². The molecule has 2 saturated heterocycles. The molecule has 3 aromatic rings. The summed E-state index contributed by atoms with van der Waals surface area (Å²) in [7, 11) is 0. The van der Waals surface area contributed by atoms with Crippen molar-refractivity contribution in [3.05, 3.63) is 108 Å². The van der Waals surface area contributed by atoms with Crippen LogP contribution in [0.1, 0.15) is 34.2 Å². The molecule has 2 aliphatic heterocycles. The van der Waals surface area contributed by atoms with E-state index >= 15 is 0 Å². The van der Waals surface area contributed by atoms with E-state index in [2.05, 4.69) is 16.9 Å². The number of nitrogens with one attached hydrogen (secondary N) is 1. The number of piperazine rings is 1. The fourth-order valence-electron chi connectivity index (χ4n) is 5.64. The molecule has 0 bridgehead atoms. The van der Waals surface area contributed by atoms with E-state index in [-0.39, 0.29) is 69.0 Å². The monoisotopic (exact) mass is 612 g/mol. The molecule has 0 spiro atoms. The number of benzene rings is 2. The van der Waals surface area contributed by atoms with Gasteiger partial charge in [0, 0.05) is 19.5 Å². The molecule has 0 saturated carbocycles. The van der Waals surface area contributed by atoms with Crippen LogP contribution in [0.2, 0.25) is 0 Å². The lowest BCUT2D eigenvalue weighted by molar-refractivity contribution is -0.189. The summed E-state index contributed by atoms with van der Waals surface area (Å²) in [4.78, 5) is 61.5. The zero-order valence-electron chi connectivity index (χ0n) is 25.0. The second-order valence-corrected chi connectivity index (χ2v) is 10.7. The van der Waals surface area contributed by atoms with E-state index < -0.39 is 24.2 Å². The first-order valence-corrected chi connectivity index (χ1v) is 14.8. The molecule has 0 radical (unpaired) electrons. The van der Waals surface area contributed by atoms with Gasteiger partial charge >= 0.3 is 12.0 Å². The van der Waals surface area contributed by atoms with Crippen LogP contribution < -0.4 is 5.32 Å². The van der Waals surface area contributed by atoms with Crippen LogP contribution in [0.3, 0.4) is 0 Å². The van der Waals surface area contributed by atoms with Crippen molar-refractivity contribution in [2.45, 2.75) is 38.6 Å². The van der Waals surface area contributed by atoms with Gasteiger partial charge in [0.2, 0.25) is 11.8 Å². The van der Waals surface area contributed by atoms with Gasteiger partial charge in [-0.1, -0.05) is 54.6 Å². The Morgan fingerprint density at radius 3 is 2.51 bits per heavy atom. The molecule has 45 heavy (non-hydrogen) atoms. The van der Waals surface area contributed by atoms with E-state index in [1.54, 1.807) is 53.2 Å². The number of phenolic OH excluding ortho intramolecular Hbond substituents is 1. The number of carbonyl (C=O) groups excluding carboxylic acids is 4. The van der Waals surface area contributed by atoms with Gasteiger partial charge < -0.3 is 25.0 Å². The normalized spacial score (nSPS) is 18.4. The third kappa shape index (κ3) is 7.13. The first-order chi connectivity index (χ1) is 21.8. The number of phenols is 1. The minimum atomic E-state index is -0.940. The number of carbonyl (C=O) groups is 4. The summed E-state index contributed by atoms with van der Waals surface area (Å²) >= 11 is 0. The molecule has 2 fully saturated rings. The van der Waals surface area contributed by atoms with E-state index in [9.17, 15) is 24.3 Å². The van der Waals surface area contributed by atoms with Gasteiger partial charge in [0.15, 0.2) is 0 Å². The Bertz CT molecular complexity index is 1550. The van der Waals surface area contributed by atoms with Gasteiger partial charge in [-0.2, -0.15) is 0 Å². The van der Waals surface area contributed by atoms with Gasteiger partial charge in [0.05, 0.1) is 31.9 Å². The lowest BCUT2D eigenvalue weighted by Gasteiger charge is -2.55. The van der Waals surface area contributed by atoms with Crippen LogP contribution in [-0.4, -0.2) is 92.2 Å². The summed E-state index contributed by atoms with van der Waals surface area (Å²) in [5, 5.41) is 15.9. The number of esters is 1. The van der Waals surface area contributed by atoms with Gasteiger partial charge in [-0.15, -0.1) is 6.58 Å². The van der Waals surface area contributed by atoms with Gasteiger partial charge in [0.1, 0.15) is 23.7 Å². The second kappa shape index (κ2) is 14.0. The fourth-order valence-corrected chi connectivity index (χ4v) is 5.64. The summed E-state index contributed by atoms with van der Waals surface area (Å²) < 4.78 is 5.09. The van der Waals surface area contributed by atoms with E-state index in [1.807, 2.05) is 30.3 Å². The SMILES string of the molecule is C=CCN1CC(=O)N2C(Cc3ccc(O)cc3)C(=O)N(Cc3cccc(C(=O)OCC)n3)C[C@@H]2N1C(=O)NCc1ccccc1. The minimum absolute atomic E-state index is 0.00830. The molecule has 12 nitrogen and oxygen atoms in total. The molecule has 234 valence electrons. The van der Waals surface area contributed by atoms with Crippen LogP contribution in [0, 0.1) is 0 Å². The standard InChI is InChI=1S/C33H36N6O6/c1-3-17-37-22-30(41)38-28(18-23-13-15-26(40)16-14-23)31(42)36(20-25-11-8-12-27(35-25)32(43)45-4-2)21-29(38)39(37)33(44)34-19-24-9-6-5-7-10-24/h3,5-16,28-29,40H,1,4,17-22H2,2H3,(H,34,44)/t28?,29-/m0/s1. The summed E-state index contributed by atoms with van der Waals surface area (Å²) in [6.45, 7) is 6.14. The van der Waals surface area contributed by atoms with Crippen molar-refractivity contribution in [2.75, 3.05) is 26.2 Å². The van der Waals surface area contributed by atoms with Gasteiger partial charge in [-0.05, 0) is 42.3 Å². The quantitative estimate of drug-likeness (QED) is 0.264. The predicted molar refractivity (Wildman–Crippen MR) is 164 cm³/mol. The number of aromatic hydroxyl groups is 1. The number of hydrogen-bond acceptors (Lipinski definition) is 8. The Hall–Kier alpha value is -5.23. The maximum atomic E-state index is 14.1. The first-order valence-electron chi connectivity index (χ1n) is 14.8. The van der Waals surface area contributed by atoms with Crippen molar-refractivity contribution in [3.8, 4) is 5.75 Å². The van der Waals surface area contributed by atoms with Gasteiger partial charge in [0.25, 0.3) is 0 Å². The molecule has 2 aliphatic rings. The van der Waals surface area contributed by atoms with Gasteiger partial charge in [-0.25, -0.2) is 24.6 Å². The fraction of sp³-hybridized carbons (Fsp3) is 0.303. The van der Waals surface area contributed by atoms with E-state index in [0.717, 1.165) is 11.1 Å². The Morgan fingerprint density at radius 1 is 1.04 bits per heavy atom. The number of ether oxygens (including phenoxy) is 1. The molecule has 4 amide bonds. The number of rotatable bonds is 10. The second-order valence-electron chi connectivity index (χ2n) is 10.7. The number of hydrazine groups is 1. The lowest BCUT2D eigenvalue weighted by atomic mass is 9.98. The number of hydrogen-bond donors (Lipinski definition) is 2. The molecule has 3 heterocycles. The highest BCUT2D eigenvalue weighted by Crippen LogP contribution is 2.29. The lowest BCUT2D eigenvalue weighted by Crippen LogP contribution is -2.76. The number of pyridine rings is 1. The maximum absolute atomic E-state index is 14.1. The summed E-state index contributed by atoms with van der Waals surface area (Å²) in [6.07, 6.45) is 0.940. The van der Waals surface area contributed by atoms with Crippen LogP contribution >= 0.6 is 0 Å². The first kappa shape index (κ1) is 31.2. The molecule has 2 N–H and O–H groups in total. The van der Waals surface area contributed by atoms with Crippen LogP contribution in [0.4, 0.5) is 4.79 Å². The number of aromatic nitrogens is 1. The molecule has 0 aliphatic carbocycles. The van der Waals surface area contributed by atoms with Crippen LogP contribution in [0.15, 0.2) is 85.5 Å². The molecule has 2 atom stereocenters. The summed E-state index contributed by atoms with van der Waals surface area (Å²) in [5.41, 5.74) is 2.21. The van der Waals surface area contributed by atoms with Gasteiger partial charge in [-0.3, -0.25) is 9.59 Å². The highest BCUT2D eigenvalue weighted by atomic mass is 16.5. The van der Waals surface area contributed by atoms with Crippen molar-refractivity contribution < 1.29 is 29.0 Å². The zero-order chi connectivity index (χ0) is 31.9. The molecule has 2 aromatic carbocycles. The molecule has 5 rings (SSSR count). The average molecular weight is 613 g/mol. The highest BCUT2D eigenvalue weighted by Gasteiger charge is 2.51. The number of nitrogens with zero attached hydrogens (tertiary/aromatic N) is 5. The largest absolute Gasteiger partial charge is 0.508 e. The molecular formula is C33H36N6O6. The van der Waals surface area contributed by atoms with Crippen LogP contribution in [-0.2, 0) is 33.8 Å². The van der Waals surface area contributed by atoms with Crippen LogP contribution in [0.25, 0.3) is 0 Å². The third-order valence-electron chi connectivity index (χ3n) is 7.67. The van der Waals surface area contributed by atoms with Crippen molar-refractivity contribution in [1.29, 1.82) is 0 Å². The Kier molecular flexibility index (Phi) is 9.73. The van der Waals surface area contributed by atoms with Crippen molar-refractivity contribution in [3.63, 3.8) is 0 Å². The van der Waals surface area contributed by atoms with Crippen molar-refractivity contribution in [1.82, 2.24) is 30.1 Å². The van der Waals surface area contributed by atoms with Crippen molar-refractivity contribution in [2.24, 2.45) is 0 Å². The summed E-state index contributed by atoms with van der Waals surface area (Å²) in [6, 6.07) is 19.5. The third-order valence-corrected chi connectivity index (χ3v) is 7.67. The average Bonchev–Trinajstić information content (AvgIpc) is 3.04. The predicted octanol–water partition coefficient (Wildman–Crippen LogP) is 2.70. The highest BCUT2D eigenvalue weighted by molar-refractivity contribution is 5.92. The number of amides is 4. The van der Waals surface area contributed by atoms with E-state index in [4.69, 9.17) is 4.74 Å². The molecular weight excluding hydrogens is 576 g/mol. The number of fused-ring (bicyclic) bond motifs is 1. The Morgan fingerprint density at radius 2 is 1.80 bits per heavy atom. The Balaban J connectivity index is 1.49. The smallest absolute Gasteiger partial charge is 0.356 e. The zero-order valence-corrected chi connectivity index (χ0v) is 25.0. The van der Waals surface area contributed by atoms with Crippen molar-refractivity contribution >= 4 is 23.8 Å². The topological polar surface area (TPSA) is 136 Å². The minimum Gasteiger partial charge on any atom is -0.508 e. The summed E-state index contributed by atoms with van der Waals surface area (Å²) in [5.74, 6) is -1.11. The molecule has 12 heteroatoms. The molecule has 1 unspecified atom stereocenters. The Labute approximate surface area is 261 Å². The number of urea groups is 1. The van der Waals surface area contributed by atoms with E-state index in [1.165, 1.54) is 22.0 Å². The molecule has 1 aromatic heterocycles. The van der Waals surface area contributed by atoms with Crippen LogP contribution in [0.5, 0.6) is 5.75 Å².